The lowest BCUT2D eigenvalue weighted by Crippen LogP contribution is -2.64. The molecule has 0 radical (unpaired) electrons. The van der Waals surface area contributed by atoms with Gasteiger partial charge in [0.25, 0.3) is 0 Å². The van der Waals surface area contributed by atoms with Crippen LogP contribution in [0.2, 0.25) is 0 Å². The van der Waals surface area contributed by atoms with E-state index in [0.29, 0.717) is 22.7 Å². The molecule has 0 amide bonds. The molecule has 4 fully saturated rings. The molecule has 4 rings (SSSR count). The van der Waals surface area contributed by atoms with E-state index in [1.165, 1.54) is 31.8 Å². The number of rotatable bonds is 1. The summed E-state index contributed by atoms with van der Waals surface area (Å²) in [7, 11) is 0. The average Bonchev–Trinajstić information content (AvgIpc) is 2.44. The summed E-state index contributed by atoms with van der Waals surface area (Å²) in [6.07, 6.45) is 4.95. The molecule has 4 saturated carbocycles. The molecule has 4 aliphatic carbocycles. The smallest absolute Gasteiger partial charge is 0.303 e. The summed E-state index contributed by atoms with van der Waals surface area (Å²) in [6, 6.07) is 0. The van der Waals surface area contributed by atoms with Gasteiger partial charge < -0.3 is 4.74 Å². The first-order valence-electron chi connectivity index (χ1n) is 7.63. The summed E-state index contributed by atoms with van der Waals surface area (Å²) in [4.78, 5) is 11.2. The fraction of sp³-hybridized carbons (Fsp3) is 0.824. The van der Waals surface area contributed by atoms with Gasteiger partial charge in [0.15, 0.2) is 0 Å². The lowest BCUT2D eigenvalue weighted by atomic mass is 9.37. The third-order valence-electron chi connectivity index (χ3n) is 6.38. The normalized spacial score (nSPS) is 47.1. The van der Waals surface area contributed by atoms with E-state index in [1.807, 2.05) is 0 Å². The van der Waals surface area contributed by atoms with E-state index >= 15 is 0 Å². The van der Waals surface area contributed by atoms with Crippen LogP contribution in [-0.4, -0.2) is 12.1 Å². The number of esters is 1. The molecule has 106 valence electrons. The van der Waals surface area contributed by atoms with Crippen molar-refractivity contribution >= 4 is 5.97 Å². The van der Waals surface area contributed by atoms with Crippen LogP contribution in [0.25, 0.3) is 0 Å². The van der Waals surface area contributed by atoms with Gasteiger partial charge in [0, 0.05) is 6.92 Å². The number of hydrogen-bond acceptors (Lipinski definition) is 2. The van der Waals surface area contributed by atoms with Crippen molar-refractivity contribution in [2.75, 3.05) is 0 Å². The fourth-order valence-electron chi connectivity index (χ4n) is 5.57. The number of hydrogen-bond donors (Lipinski definition) is 0. The molecule has 0 aliphatic heterocycles. The second-order valence-electron chi connectivity index (χ2n) is 7.87. The largest absolute Gasteiger partial charge is 0.458 e. The van der Waals surface area contributed by atoms with Crippen LogP contribution in [0, 0.1) is 28.6 Å². The Labute approximate surface area is 116 Å². The molecule has 0 aromatic carbocycles. The predicted molar refractivity (Wildman–Crippen MR) is 75.5 cm³/mol. The molecule has 0 unspecified atom stereocenters. The van der Waals surface area contributed by atoms with Crippen molar-refractivity contribution in [2.45, 2.75) is 59.5 Å². The number of carbonyl (C=O) groups excluding carboxylic acids is 1. The van der Waals surface area contributed by atoms with Gasteiger partial charge in [0.2, 0.25) is 0 Å². The SMILES string of the molecule is C=C1[C@@H](OC(C)=O)C[C@@H]2[C@H]3[C@H]1[C@]2(C)CCCC3(C)C. The van der Waals surface area contributed by atoms with Gasteiger partial charge in [-0.3, -0.25) is 4.79 Å². The molecule has 0 aromatic rings. The maximum atomic E-state index is 11.2. The molecule has 0 N–H and O–H groups in total. The van der Waals surface area contributed by atoms with Crippen molar-refractivity contribution in [3.8, 4) is 0 Å². The van der Waals surface area contributed by atoms with Crippen molar-refractivity contribution in [3.05, 3.63) is 12.2 Å². The van der Waals surface area contributed by atoms with Gasteiger partial charge in [-0.15, -0.1) is 0 Å². The number of carbonyl (C=O) groups is 1. The summed E-state index contributed by atoms with van der Waals surface area (Å²) in [5.41, 5.74) is 2.03. The molecular formula is C17H26O2. The van der Waals surface area contributed by atoms with E-state index < -0.39 is 0 Å². The van der Waals surface area contributed by atoms with Crippen LogP contribution in [0.4, 0.5) is 0 Å². The standard InChI is InChI=1S/C17H26O2/c1-10-13(19-11(2)18)9-12-15-14(10)17(12,5)8-6-7-16(15,3)4/h12-15H,1,6-9H2,2-5H3/t12-,13+,14+,15+,17-/m1/s1. The van der Waals surface area contributed by atoms with Crippen LogP contribution in [-0.2, 0) is 9.53 Å². The summed E-state index contributed by atoms with van der Waals surface area (Å²) in [5.74, 6) is 1.86. The zero-order valence-corrected chi connectivity index (χ0v) is 12.7. The third kappa shape index (κ3) is 1.64. The molecule has 19 heavy (non-hydrogen) atoms. The Morgan fingerprint density at radius 1 is 1.32 bits per heavy atom. The van der Waals surface area contributed by atoms with Crippen molar-refractivity contribution in [3.63, 3.8) is 0 Å². The Hall–Kier alpha value is -0.790. The van der Waals surface area contributed by atoms with E-state index in [9.17, 15) is 4.79 Å². The zero-order valence-electron chi connectivity index (χ0n) is 12.7. The van der Waals surface area contributed by atoms with E-state index in [1.54, 1.807) is 0 Å². The first kappa shape index (κ1) is 13.2. The van der Waals surface area contributed by atoms with Crippen molar-refractivity contribution in [1.82, 2.24) is 0 Å². The number of fused-ring (bicyclic) bond motifs is 2. The third-order valence-corrected chi connectivity index (χ3v) is 6.38. The zero-order chi connectivity index (χ0) is 14.0. The van der Waals surface area contributed by atoms with Crippen molar-refractivity contribution in [1.29, 1.82) is 0 Å². The minimum absolute atomic E-state index is 0.0225. The highest BCUT2D eigenvalue weighted by molar-refractivity contribution is 5.66. The maximum Gasteiger partial charge on any atom is 0.303 e. The monoisotopic (exact) mass is 262 g/mol. The second-order valence-corrected chi connectivity index (χ2v) is 7.87. The molecule has 4 aliphatic rings. The lowest BCUT2D eigenvalue weighted by Gasteiger charge is -2.68. The summed E-state index contributed by atoms with van der Waals surface area (Å²) >= 11 is 0. The average molecular weight is 262 g/mol. The highest BCUT2D eigenvalue weighted by atomic mass is 16.5. The summed E-state index contributed by atoms with van der Waals surface area (Å²) in [6.45, 7) is 13.1. The van der Waals surface area contributed by atoms with Crippen molar-refractivity contribution in [2.24, 2.45) is 28.6 Å². The minimum Gasteiger partial charge on any atom is -0.458 e. The van der Waals surface area contributed by atoms with E-state index in [0.717, 1.165) is 12.3 Å². The van der Waals surface area contributed by atoms with Crippen LogP contribution in [0.5, 0.6) is 0 Å². The summed E-state index contributed by atoms with van der Waals surface area (Å²) in [5, 5.41) is 0. The Kier molecular flexibility index (Phi) is 2.69. The molecule has 0 spiro atoms. The Morgan fingerprint density at radius 2 is 2.00 bits per heavy atom. The van der Waals surface area contributed by atoms with Crippen molar-refractivity contribution < 1.29 is 9.53 Å². The van der Waals surface area contributed by atoms with Gasteiger partial charge in [0.05, 0.1) is 0 Å². The van der Waals surface area contributed by atoms with Gasteiger partial charge in [0.1, 0.15) is 6.10 Å². The van der Waals surface area contributed by atoms with Crippen LogP contribution < -0.4 is 0 Å². The molecular weight excluding hydrogens is 236 g/mol. The van der Waals surface area contributed by atoms with Crippen LogP contribution in [0.1, 0.15) is 53.4 Å². The van der Waals surface area contributed by atoms with E-state index in [2.05, 4.69) is 27.4 Å². The van der Waals surface area contributed by atoms with Crippen LogP contribution >= 0.6 is 0 Å². The van der Waals surface area contributed by atoms with Crippen LogP contribution in [0.3, 0.4) is 0 Å². The van der Waals surface area contributed by atoms with Gasteiger partial charge >= 0.3 is 5.97 Å². The topological polar surface area (TPSA) is 26.3 Å². The van der Waals surface area contributed by atoms with Gasteiger partial charge in [-0.25, -0.2) is 0 Å². The Morgan fingerprint density at radius 3 is 2.58 bits per heavy atom. The van der Waals surface area contributed by atoms with Gasteiger partial charge in [-0.1, -0.05) is 33.8 Å². The van der Waals surface area contributed by atoms with Gasteiger partial charge in [-0.05, 0) is 53.4 Å². The first-order valence-corrected chi connectivity index (χ1v) is 7.63. The summed E-state index contributed by atoms with van der Waals surface area (Å²) < 4.78 is 5.49. The Balaban J connectivity index is 1.91. The van der Waals surface area contributed by atoms with Crippen LogP contribution in [0.15, 0.2) is 12.2 Å². The quantitative estimate of drug-likeness (QED) is 0.528. The molecule has 2 nitrogen and oxygen atoms in total. The highest BCUT2D eigenvalue weighted by Crippen LogP contribution is 2.73. The molecule has 5 atom stereocenters. The first-order chi connectivity index (χ1) is 8.77. The van der Waals surface area contributed by atoms with E-state index in [-0.39, 0.29) is 12.1 Å². The molecule has 0 aromatic heterocycles. The number of ether oxygens (including phenoxy) is 1. The molecule has 2 heteroatoms. The van der Waals surface area contributed by atoms with E-state index in [4.69, 9.17) is 4.74 Å². The lowest BCUT2D eigenvalue weighted by molar-refractivity contribution is -0.188. The van der Waals surface area contributed by atoms with Gasteiger partial charge in [-0.2, -0.15) is 0 Å². The molecule has 4 bridgehead atoms. The molecule has 0 heterocycles. The fourth-order valence-corrected chi connectivity index (χ4v) is 5.57. The highest BCUT2D eigenvalue weighted by Gasteiger charge is 2.68. The minimum atomic E-state index is -0.167. The Bertz CT molecular complexity index is 437. The maximum absolute atomic E-state index is 11.2. The second kappa shape index (κ2) is 3.86. The predicted octanol–water partition coefficient (Wildman–Crippen LogP) is 3.96. The molecule has 0 saturated heterocycles.